The van der Waals surface area contributed by atoms with E-state index in [9.17, 15) is 8.42 Å². The van der Waals surface area contributed by atoms with Crippen molar-refractivity contribution < 1.29 is 13.2 Å². The number of nitrogens with zero attached hydrogens (tertiary/aromatic N) is 4. The fourth-order valence-electron chi connectivity index (χ4n) is 2.73. The number of benzene rings is 2. The first-order valence-corrected chi connectivity index (χ1v) is 10.8. The summed E-state index contributed by atoms with van der Waals surface area (Å²) in [5, 5.41) is 12.2. The first-order chi connectivity index (χ1) is 14.5. The summed E-state index contributed by atoms with van der Waals surface area (Å²) >= 11 is 0. The fourth-order valence-corrected chi connectivity index (χ4v) is 3.92. The fraction of sp³-hybridized carbons (Fsp3) is 0.0952. The third-order valence-corrected chi connectivity index (χ3v) is 5.45. The Balaban J connectivity index is 1.38. The van der Waals surface area contributed by atoms with Gasteiger partial charge >= 0.3 is 0 Å². The van der Waals surface area contributed by atoms with E-state index in [0.29, 0.717) is 23.1 Å². The molecule has 0 radical (unpaired) electrons. The van der Waals surface area contributed by atoms with Gasteiger partial charge in [-0.25, -0.2) is 13.1 Å². The Hall–Kier alpha value is -3.72. The molecule has 9 heteroatoms. The molecule has 0 bridgehead atoms. The molecule has 0 fully saturated rings. The third-order valence-electron chi connectivity index (χ3n) is 4.19. The standard InChI is InChI=1S/C21H19N5O3S/c1-16-3-5-17(6-4-16)15-30(27,28)25-18-7-9-19(10-8-18)29-21-12-11-20(23-24-21)26-14-2-13-22-26/h2-14,25H,15H2,1H3. The molecule has 0 spiro atoms. The maximum atomic E-state index is 12.4. The number of rotatable bonds is 7. The Bertz CT molecular complexity index is 1210. The zero-order valence-electron chi connectivity index (χ0n) is 16.1. The SMILES string of the molecule is Cc1ccc(CS(=O)(=O)Nc2ccc(Oc3ccc(-n4cccn4)nn3)cc2)cc1. The van der Waals surface area contributed by atoms with Crippen LogP contribution in [-0.2, 0) is 15.8 Å². The van der Waals surface area contributed by atoms with E-state index in [1.807, 2.05) is 31.2 Å². The van der Waals surface area contributed by atoms with E-state index in [0.717, 1.165) is 11.1 Å². The zero-order valence-corrected chi connectivity index (χ0v) is 17.0. The highest BCUT2D eigenvalue weighted by Gasteiger charge is 2.12. The van der Waals surface area contributed by atoms with Crippen molar-refractivity contribution in [3.63, 3.8) is 0 Å². The maximum Gasteiger partial charge on any atom is 0.238 e. The second kappa shape index (κ2) is 8.34. The van der Waals surface area contributed by atoms with Gasteiger partial charge in [-0.2, -0.15) is 5.10 Å². The lowest BCUT2D eigenvalue weighted by atomic mass is 10.2. The number of anilines is 1. The van der Waals surface area contributed by atoms with Crippen molar-refractivity contribution in [2.45, 2.75) is 12.7 Å². The van der Waals surface area contributed by atoms with Crippen LogP contribution < -0.4 is 9.46 Å². The molecular formula is C21H19N5O3S. The van der Waals surface area contributed by atoms with Gasteiger partial charge in [-0.1, -0.05) is 29.8 Å². The smallest absolute Gasteiger partial charge is 0.238 e. The van der Waals surface area contributed by atoms with Gasteiger partial charge in [0, 0.05) is 24.1 Å². The summed E-state index contributed by atoms with van der Waals surface area (Å²) in [6.45, 7) is 1.96. The number of hydrogen-bond donors (Lipinski definition) is 1. The molecule has 2 heterocycles. The van der Waals surface area contributed by atoms with Crippen molar-refractivity contribution in [1.29, 1.82) is 0 Å². The summed E-state index contributed by atoms with van der Waals surface area (Å²) in [6, 6.07) is 19.2. The summed E-state index contributed by atoms with van der Waals surface area (Å²) < 4.78 is 34.6. The average molecular weight is 421 g/mol. The van der Waals surface area contributed by atoms with Crippen LogP contribution >= 0.6 is 0 Å². The Morgan fingerprint density at radius 3 is 2.37 bits per heavy atom. The van der Waals surface area contributed by atoms with Crippen LogP contribution in [0, 0.1) is 6.92 Å². The Kier molecular flexibility index (Phi) is 5.44. The van der Waals surface area contributed by atoms with Crippen LogP contribution in [0.2, 0.25) is 0 Å². The molecule has 0 saturated heterocycles. The van der Waals surface area contributed by atoms with Crippen molar-refractivity contribution in [2.24, 2.45) is 0 Å². The first kappa shape index (κ1) is 19.6. The van der Waals surface area contributed by atoms with E-state index in [1.165, 1.54) is 0 Å². The highest BCUT2D eigenvalue weighted by Crippen LogP contribution is 2.22. The zero-order chi connectivity index (χ0) is 21.0. The van der Waals surface area contributed by atoms with Gasteiger partial charge in [0.1, 0.15) is 5.75 Å². The minimum absolute atomic E-state index is 0.0935. The van der Waals surface area contributed by atoms with Crippen LogP contribution in [0.1, 0.15) is 11.1 Å². The number of sulfonamides is 1. The Morgan fingerprint density at radius 1 is 0.967 bits per heavy atom. The van der Waals surface area contributed by atoms with Gasteiger partial charge in [0.2, 0.25) is 15.9 Å². The molecule has 4 aromatic rings. The summed E-state index contributed by atoms with van der Waals surface area (Å²) in [4.78, 5) is 0. The van der Waals surface area contributed by atoms with Crippen molar-refractivity contribution in [3.05, 3.63) is 90.3 Å². The van der Waals surface area contributed by atoms with E-state index in [1.54, 1.807) is 59.5 Å². The summed E-state index contributed by atoms with van der Waals surface area (Å²) in [5.74, 6) is 1.31. The molecule has 0 amide bonds. The van der Waals surface area contributed by atoms with Gasteiger partial charge in [0.05, 0.1) is 5.75 Å². The summed E-state index contributed by atoms with van der Waals surface area (Å²) in [6.07, 6.45) is 3.42. The molecule has 0 aliphatic rings. The molecule has 0 aliphatic heterocycles. The minimum atomic E-state index is -3.52. The summed E-state index contributed by atoms with van der Waals surface area (Å²) in [5.41, 5.74) is 2.26. The van der Waals surface area contributed by atoms with Crippen LogP contribution in [0.5, 0.6) is 11.6 Å². The molecule has 0 aliphatic carbocycles. The highest BCUT2D eigenvalue weighted by molar-refractivity contribution is 7.91. The van der Waals surface area contributed by atoms with Gasteiger partial charge in [-0.05, 0) is 48.9 Å². The second-order valence-corrected chi connectivity index (χ2v) is 8.38. The molecule has 152 valence electrons. The molecule has 0 saturated carbocycles. The summed E-state index contributed by atoms with van der Waals surface area (Å²) in [7, 11) is -3.52. The molecule has 2 aromatic carbocycles. The molecule has 4 rings (SSSR count). The first-order valence-electron chi connectivity index (χ1n) is 9.15. The Labute approximate surface area is 174 Å². The van der Waals surface area contributed by atoms with E-state index in [4.69, 9.17) is 4.74 Å². The number of ether oxygens (including phenoxy) is 1. The van der Waals surface area contributed by atoms with E-state index < -0.39 is 10.0 Å². The molecule has 2 aromatic heterocycles. The van der Waals surface area contributed by atoms with Crippen molar-refractivity contribution in [2.75, 3.05) is 4.72 Å². The van der Waals surface area contributed by atoms with Crippen LogP contribution in [0.25, 0.3) is 5.82 Å². The van der Waals surface area contributed by atoms with Gasteiger partial charge in [0.25, 0.3) is 0 Å². The maximum absolute atomic E-state index is 12.4. The predicted octanol–water partition coefficient (Wildman–Crippen LogP) is 3.70. The third kappa shape index (κ3) is 5.00. The number of aromatic nitrogens is 4. The van der Waals surface area contributed by atoms with Crippen LogP contribution in [0.4, 0.5) is 5.69 Å². The van der Waals surface area contributed by atoms with Gasteiger partial charge < -0.3 is 4.74 Å². The normalized spacial score (nSPS) is 11.2. The van der Waals surface area contributed by atoms with Gasteiger partial charge in [-0.3, -0.25) is 4.72 Å². The van der Waals surface area contributed by atoms with Crippen LogP contribution in [0.15, 0.2) is 79.1 Å². The lowest BCUT2D eigenvalue weighted by Crippen LogP contribution is -2.15. The lowest BCUT2D eigenvalue weighted by Gasteiger charge is -2.10. The number of aryl methyl sites for hydroxylation is 1. The van der Waals surface area contributed by atoms with E-state index >= 15 is 0 Å². The highest BCUT2D eigenvalue weighted by atomic mass is 32.2. The molecular weight excluding hydrogens is 402 g/mol. The van der Waals surface area contributed by atoms with Crippen LogP contribution in [-0.4, -0.2) is 28.4 Å². The largest absolute Gasteiger partial charge is 0.438 e. The molecule has 0 unspecified atom stereocenters. The molecule has 8 nitrogen and oxygen atoms in total. The van der Waals surface area contributed by atoms with Crippen molar-refractivity contribution in [1.82, 2.24) is 20.0 Å². The average Bonchev–Trinajstić information content (AvgIpc) is 3.26. The predicted molar refractivity (Wildman–Crippen MR) is 113 cm³/mol. The topological polar surface area (TPSA) is 99.0 Å². The van der Waals surface area contributed by atoms with Crippen molar-refractivity contribution >= 4 is 15.7 Å². The van der Waals surface area contributed by atoms with Crippen molar-refractivity contribution in [3.8, 4) is 17.4 Å². The van der Waals surface area contributed by atoms with Gasteiger partial charge in [0.15, 0.2) is 5.82 Å². The minimum Gasteiger partial charge on any atom is -0.438 e. The van der Waals surface area contributed by atoms with Crippen LogP contribution in [0.3, 0.4) is 0 Å². The van der Waals surface area contributed by atoms with E-state index in [-0.39, 0.29) is 5.75 Å². The number of hydrogen-bond acceptors (Lipinski definition) is 6. The van der Waals surface area contributed by atoms with Gasteiger partial charge in [-0.15, -0.1) is 10.2 Å². The lowest BCUT2D eigenvalue weighted by molar-refractivity contribution is 0.454. The molecule has 1 N–H and O–H groups in total. The number of nitrogens with one attached hydrogen (secondary N) is 1. The molecule has 0 atom stereocenters. The van der Waals surface area contributed by atoms with E-state index in [2.05, 4.69) is 20.0 Å². The Morgan fingerprint density at radius 2 is 1.73 bits per heavy atom. The quantitative estimate of drug-likeness (QED) is 0.488. The monoisotopic (exact) mass is 421 g/mol. The molecule has 30 heavy (non-hydrogen) atoms. The second-order valence-electron chi connectivity index (χ2n) is 6.65.